The number of aromatic nitrogens is 2. The number of aliphatic carboxylic acids is 1. The van der Waals surface area contributed by atoms with Crippen LogP contribution in [0.3, 0.4) is 0 Å². The Morgan fingerprint density at radius 2 is 2.17 bits per heavy atom. The van der Waals surface area contributed by atoms with E-state index in [1.54, 1.807) is 24.9 Å². The lowest BCUT2D eigenvalue weighted by Crippen LogP contribution is -2.51. The number of hydrogen-bond donors (Lipinski definition) is 1. The first-order valence-electron chi connectivity index (χ1n) is 9.56. The number of nitrogens with zero attached hydrogens (tertiary/aromatic N) is 3. The highest BCUT2D eigenvalue weighted by Crippen LogP contribution is 2.50. The van der Waals surface area contributed by atoms with Crippen molar-refractivity contribution in [3.63, 3.8) is 0 Å². The maximum atomic E-state index is 12.8. The Kier molecular flexibility index (Phi) is 4.86. The number of aryl methyl sites for hydroxylation is 1. The van der Waals surface area contributed by atoms with Gasteiger partial charge in [-0.2, -0.15) is 0 Å². The Bertz CT molecular complexity index is 1080. The number of carbonyl (C=O) groups is 2. The third kappa shape index (κ3) is 3.22. The second-order valence-corrected chi connectivity index (χ2v) is 9.43. The summed E-state index contributed by atoms with van der Waals surface area (Å²) in [6.07, 6.45) is 5.33. The lowest BCUT2D eigenvalue weighted by atomic mass is 10.0. The van der Waals surface area contributed by atoms with Crippen LogP contribution in [0.4, 0.5) is 0 Å². The molecule has 30 heavy (non-hydrogen) atoms. The number of rotatable bonds is 5. The van der Waals surface area contributed by atoms with Crippen LogP contribution in [0.25, 0.3) is 6.08 Å². The molecule has 1 N–H and O–H groups in total. The number of imidazole rings is 1. The van der Waals surface area contributed by atoms with Crippen LogP contribution in [0.1, 0.15) is 17.7 Å². The lowest BCUT2D eigenvalue weighted by molar-refractivity contribution is -0.141. The van der Waals surface area contributed by atoms with E-state index in [2.05, 4.69) is 9.55 Å². The van der Waals surface area contributed by atoms with E-state index in [1.807, 2.05) is 30.5 Å². The summed E-state index contributed by atoms with van der Waals surface area (Å²) in [4.78, 5) is 31.4. The predicted octanol–water partition coefficient (Wildman–Crippen LogP) is 3.22. The molecule has 3 aliphatic heterocycles. The Morgan fingerprint density at radius 3 is 2.87 bits per heavy atom. The molecule has 4 heterocycles. The van der Waals surface area contributed by atoms with E-state index in [0.717, 1.165) is 40.9 Å². The van der Waals surface area contributed by atoms with Crippen LogP contribution in [0.5, 0.6) is 5.75 Å². The monoisotopic (exact) mass is 441 g/mol. The van der Waals surface area contributed by atoms with Crippen LogP contribution in [-0.4, -0.2) is 49.7 Å². The van der Waals surface area contributed by atoms with Crippen LogP contribution < -0.4 is 4.74 Å². The molecule has 1 fully saturated rings. The van der Waals surface area contributed by atoms with Gasteiger partial charge in [-0.3, -0.25) is 9.69 Å². The number of carbonyl (C=O) groups excluding carboxylic acids is 1. The summed E-state index contributed by atoms with van der Waals surface area (Å²) >= 11 is 3.15. The zero-order valence-corrected chi connectivity index (χ0v) is 17.8. The molecule has 0 radical (unpaired) electrons. The first kappa shape index (κ1) is 19.3. The molecule has 1 amide bonds. The largest absolute Gasteiger partial charge is 0.497 e. The first-order chi connectivity index (χ1) is 14.5. The Labute approximate surface area is 181 Å². The van der Waals surface area contributed by atoms with E-state index in [4.69, 9.17) is 4.74 Å². The van der Waals surface area contributed by atoms with Gasteiger partial charge < -0.3 is 14.4 Å². The van der Waals surface area contributed by atoms with Crippen LogP contribution >= 0.6 is 23.5 Å². The number of hydrogen-bond acceptors (Lipinski definition) is 6. The van der Waals surface area contributed by atoms with Gasteiger partial charge in [-0.1, -0.05) is 35.7 Å². The number of allylic oxidation sites excluding steroid dienone is 1. The van der Waals surface area contributed by atoms with Gasteiger partial charge in [0.1, 0.15) is 16.8 Å². The topological polar surface area (TPSA) is 84.7 Å². The number of carboxylic acids is 1. The second kappa shape index (κ2) is 7.55. The van der Waals surface area contributed by atoms with Crippen molar-refractivity contribution < 1.29 is 19.4 Å². The minimum Gasteiger partial charge on any atom is -0.497 e. The fourth-order valence-corrected chi connectivity index (χ4v) is 6.17. The second-order valence-electron chi connectivity index (χ2n) is 7.19. The van der Waals surface area contributed by atoms with Crippen LogP contribution in [0.2, 0.25) is 0 Å². The fourth-order valence-electron chi connectivity index (χ4n) is 3.81. The summed E-state index contributed by atoms with van der Waals surface area (Å²) in [5.41, 5.74) is 2.41. The number of fused-ring (bicyclic) bond motifs is 2. The molecule has 0 aliphatic carbocycles. The Balaban J connectivity index is 1.40. The number of amides is 1. The van der Waals surface area contributed by atoms with E-state index in [-0.39, 0.29) is 17.0 Å². The van der Waals surface area contributed by atoms with Crippen LogP contribution in [0.15, 0.2) is 51.8 Å². The summed E-state index contributed by atoms with van der Waals surface area (Å²) in [5.74, 6) is 0.470. The molecule has 0 saturated carbocycles. The molecule has 2 aromatic rings. The van der Waals surface area contributed by atoms with Crippen molar-refractivity contribution in [1.82, 2.24) is 14.5 Å². The average Bonchev–Trinajstić information content (AvgIpc) is 3.31. The van der Waals surface area contributed by atoms with Gasteiger partial charge in [0, 0.05) is 29.8 Å². The number of carboxylic acid groups (broad SMARTS) is 1. The number of benzene rings is 1. The molecular formula is C21H19N3O4S2. The smallest absolute Gasteiger partial charge is 0.353 e. The van der Waals surface area contributed by atoms with E-state index < -0.39 is 5.97 Å². The van der Waals surface area contributed by atoms with Gasteiger partial charge in [-0.05, 0) is 30.2 Å². The standard InChI is InChI=1S/C21H19N3O4S2/c1-28-14-5-3-12(4-6-14)9-16-17(20(26)27)24-18(25)15(19(24)30-16)10-13-11-23-7-2-8-29-21(23)22-13/h3-6,10-11,19H,2,7-9H2,1H3,(H,26,27)/t19-/m1/s1. The summed E-state index contributed by atoms with van der Waals surface area (Å²) in [5, 5.41) is 10.4. The van der Waals surface area contributed by atoms with Crippen molar-refractivity contribution in [2.24, 2.45) is 0 Å². The molecule has 3 aliphatic rings. The molecule has 1 aromatic heterocycles. The maximum Gasteiger partial charge on any atom is 0.353 e. The summed E-state index contributed by atoms with van der Waals surface area (Å²) in [7, 11) is 1.60. The molecule has 5 rings (SSSR count). The predicted molar refractivity (Wildman–Crippen MR) is 115 cm³/mol. The Morgan fingerprint density at radius 1 is 1.37 bits per heavy atom. The van der Waals surface area contributed by atoms with Crippen molar-refractivity contribution in [2.75, 3.05) is 12.9 Å². The summed E-state index contributed by atoms with van der Waals surface area (Å²) in [6.45, 7) is 0.938. The highest BCUT2D eigenvalue weighted by atomic mass is 32.2. The van der Waals surface area contributed by atoms with Crippen molar-refractivity contribution in [2.45, 2.75) is 29.9 Å². The number of thioether (sulfide) groups is 2. The third-order valence-corrected chi connectivity index (χ3v) is 7.67. The molecule has 0 unspecified atom stereocenters. The number of methoxy groups -OCH3 is 1. The fraction of sp³-hybridized carbons (Fsp3) is 0.286. The van der Waals surface area contributed by atoms with E-state index >= 15 is 0 Å². The normalized spacial score (nSPS) is 21.5. The first-order valence-corrected chi connectivity index (χ1v) is 11.4. The molecule has 1 aromatic carbocycles. The van der Waals surface area contributed by atoms with Gasteiger partial charge >= 0.3 is 5.97 Å². The molecule has 7 nitrogen and oxygen atoms in total. The average molecular weight is 442 g/mol. The maximum absolute atomic E-state index is 12.8. The van der Waals surface area contributed by atoms with Gasteiger partial charge in [0.2, 0.25) is 0 Å². The molecule has 0 bridgehead atoms. The lowest BCUT2D eigenvalue weighted by Gasteiger charge is -2.36. The Hall–Kier alpha value is -2.65. The van der Waals surface area contributed by atoms with Gasteiger partial charge in [-0.25, -0.2) is 9.78 Å². The summed E-state index contributed by atoms with van der Waals surface area (Å²) < 4.78 is 7.29. The van der Waals surface area contributed by atoms with E-state index in [9.17, 15) is 14.7 Å². The number of β-lactam (4-membered cyclic amide) rings is 1. The highest BCUT2D eigenvalue weighted by Gasteiger charge is 2.52. The van der Waals surface area contributed by atoms with E-state index in [0.29, 0.717) is 16.9 Å². The molecule has 1 atom stereocenters. The van der Waals surface area contributed by atoms with Crippen LogP contribution in [0, 0.1) is 0 Å². The van der Waals surface area contributed by atoms with Crippen molar-refractivity contribution in [1.29, 1.82) is 0 Å². The minimum absolute atomic E-state index is 0.0858. The van der Waals surface area contributed by atoms with Crippen LogP contribution in [-0.2, 0) is 22.6 Å². The van der Waals surface area contributed by atoms with Crippen molar-refractivity contribution >= 4 is 41.5 Å². The zero-order chi connectivity index (χ0) is 20.8. The summed E-state index contributed by atoms with van der Waals surface area (Å²) in [6, 6.07) is 7.51. The zero-order valence-electron chi connectivity index (χ0n) is 16.2. The van der Waals surface area contributed by atoms with Gasteiger partial charge in [0.15, 0.2) is 5.16 Å². The molecular weight excluding hydrogens is 422 g/mol. The van der Waals surface area contributed by atoms with Crippen molar-refractivity contribution in [3.05, 3.63) is 57.9 Å². The number of ether oxygens (including phenoxy) is 1. The molecule has 0 spiro atoms. The third-order valence-electron chi connectivity index (χ3n) is 5.29. The highest BCUT2D eigenvalue weighted by molar-refractivity contribution is 8.04. The molecule has 154 valence electrons. The van der Waals surface area contributed by atoms with E-state index in [1.165, 1.54) is 16.7 Å². The molecule has 1 saturated heterocycles. The SMILES string of the molecule is COc1ccc(CC2=C(C(=O)O)N3C(=O)C(=Cc4cn5c(n4)SCCC5)[C@H]3S2)cc1. The van der Waals surface area contributed by atoms with Crippen molar-refractivity contribution in [3.8, 4) is 5.75 Å². The molecule has 9 heteroatoms. The van der Waals surface area contributed by atoms with Gasteiger partial charge in [-0.15, -0.1) is 0 Å². The van der Waals surface area contributed by atoms with Gasteiger partial charge in [0.05, 0.1) is 18.4 Å². The minimum atomic E-state index is -1.07. The van der Waals surface area contributed by atoms with Gasteiger partial charge in [0.25, 0.3) is 5.91 Å². The quantitative estimate of drug-likeness (QED) is 0.563.